The van der Waals surface area contributed by atoms with Crippen LogP contribution >= 0.6 is 11.8 Å². The van der Waals surface area contributed by atoms with Gasteiger partial charge in [-0.3, -0.25) is 19.5 Å². The minimum absolute atomic E-state index is 0.0364. The van der Waals surface area contributed by atoms with Crippen LogP contribution in [0, 0.1) is 24.0 Å². The zero-order valence-corrected chi connectivity index (χ0v) is 21.5. The van der Waals surface area contributed by atoms with Gasteiger partial charge < -0.3 is 14.8 Å². The first-order valence-corrected chi connectivity index (χ1v) is 12.2. The van der Waals surface area contributed by atoms with Gasteiger partial charge in [0.25, 0.3) is 0 Å². The fraction of sp³-hybridized carbons (Fsp3) is 0.192. The first kappa shape index (κ1) is 25.7. The highest BCUT2D eigenvalue weighted by Gasteiger charge is 2.21. The fourth-order valence-electron chi connectivity index (χ4n) is 3.72. The molecule has 1 amide bonds. The van der Waals surface area contributed by atoms with E-state index in [1.54, 1.807) is 14.0 Å². The molecular formula is C26H25N5O5S. The Kier molecular flexibility index (Phi) is 7.73. The quantitative estimate of drug-likeness (QED) is 0.182. The second-order valence-corrected chi connectivity index (χ2v) is 9.05. The summed E-state index contributed by atoms with van der Waals surface area (Å²) in [4.78, 5) is 23.6. The standard InChI is InChI=1S/C26H25N5O5S/c1-16-9-11-18(12-10-16)30-25(19-7-5-6-8-22(19)35-3)28-29-26(30)37-15-24(32)27-20-14-23(36-4)21(31(33)34)13-17(20)2/h5-14H,15H2,1-4H3,(H,27,32). The third-order valence-corrected chi connectivity index (χ3v) is 6.53. The number of anilines is 1. The number of hydrogen-bond donors (Lipinski definition) is 1. The lowest BCUT2D eigenvalue weighted by atomic mass is 10.1. The van der Waals surface area contributed by atoms with Gasteiger partial charge in [0.15, 0.2) is 16.7 Å². The summed E-state index contributed by atoms with van der Waals surface area (Å²) in [7, 11) is 2.94. The van der Waals surface area contributed by atoms with Crippen molar-refractivity contribution >= 4 is 29.0 Å². The molecule has 0 aliphatic carbocycles. The number of ether oxygens (including phenoxy) is 2. The molecule has 10 nitrogen and oxygen atoms in total. The van der Waals surface area contributed by atoms with Crippen LogP contribution in [0.3, 0.4) is 0 Å². The Balaban J connectivity index is 1.61. The van der Waals surface area contributed by atoms with Crippen LogP contribution in [-0.4, -0.2) is 45.6 Å². The van der Waals surface area contributed by atoms with Crippen molar-refractivity contribution < 1.29 is 19.2 Å². The molecule has 11 heteroatoms. The van der Waals surface area contributed by atoms with Crippen molar-refractivity contribution in [2.24, 2.45) is 0 Å². The summed E-state index contributed by atoms with van der Waals surface area (Å²) < 4.78 is 12.5. The van der Waals surface area contributed by atoms with Gasteiger partial charge in [0.05, 0.1) is 30.5 Å². The van der Waals surface area contributed by atoms with Gasteiger partial charge in [-0.15, -0.1) is 10.2 Å². The van der Waals surface area contributed by atoms with Gasteiger partial charge in [0.1, 0.15) is 5.75 Å². The number of nitro groups is 1. The van der Waals surface area contributed by atoms with Crippen molar-refractivity contribution in [1.82, 2.24) is 14.8 Å². The summed E-state index contributed by atoms with van der Waals surface area (Å²) in [5.41, 5.74) is 3.54. The van der Waals surface area contributed by atoms with E-state index < -0.39 is 4.92 Å². The molecule has 0 spiro atoms. The Bertz CT molecular complexity index is 1450. The number of hydrogen-bond acceptors (Lipinski definition) is 8. The number of aryl methyl sites for hydroxylation is 2. The lowest BCUT2D eigenvalue weighted by molar-refractivity contribution is -0.385. The number of para-hydroxylation sites is 1. The number of aromatic nitrogens is 3. The van der Waals surface area contributed by atoms with Crippen molar-refractivity contribution in [2.75, 3.05) is 25.3 Å². The van der Waals surface area contributed by atoms with Crippen LogP contribution < -0.4 is 14.8 Å². The highest BCUT2D eigenvalue weighted by Crippen LogP contribution is 2.35. The fourth-order valence-corrected chi connectivity index (χ4v) is 4.48. The van der Waals surface area contributed by atoms with Gasteiger partial charge in [0, 0.05) is 23.5 Å². The molecule has 0 aliphatic heterocycles. The maximum atomic E-state index is 12.8. The largest absolute Gasteiger partial charge is 0.496 e. The van der Waals surface area contributed by atoms with Crippen molar-refractivity contribution in [1.29, 1.82) is 0 Å². The predicted molar refractivity (Wildman–Crippen MR) is 142 cm³/mol. The van der Waals surface area contributed by atoms with E-state index >= 15 is 0 Å². The molecule has 0 saturated carbocycles. The Hall–Kier alpha value is -4.38. The Morgan fingerprint density at radius 3 is 2.41 bits per heavy atom. The number of methoxy groups -OCH3 is 2. The summed E-state index contributed by atoms with van der Waals surface area (Å²) in [6, 6.07) is 18.3. The highest BCUT2D eigenvalue weighted by molar-refractivity contribution is 7.99. The van der Waals surface area contributed by atoms with E-state index in [0.29, 0.717) is 28.0 Å². The average Bonchev–Trinajstić information content (AvgIpc) is 3.32. The average molecular weight is 520 g/mol. The van der Waals surface area contributed by atoms with Crippen LogP contribution in [0.15, 0.2) is 65.8 Å². The predicted octanol–water partition coefficient (Wildman–Crippen LogP) is 5.21. The smallest absolute Gasteiger partial charge is 0.311 e. The summed E-state index contributed by atoms with van der Waals surface area (Å²) in [6.45, 7) is 3.69. The molecule has 4 rings (SSSR count). The van der Waals surface area contributed by atoms with Gasteiger partial charge in [-0.2, -0.15) is 0 Å². The van der Waals surface area contributed by atoms with Gasteiger partial charge in [-0.25, -0.2) is 0 Å². The molecule has 1 aromatic heterocycles. The maximum Gasteiger partial charge on any atom is 0.311 e. The molecule has 3 aromatic carbocycles. The second-order valence-electron chi connectivity index (χ2n) is 8.11. The van der Waals surface area contributed by atoms with Gasteiger partial charge >= 0.3 is 5.69 Å². The van der Waals surface area contributed by atoms with E-state index in [1.807, 2.05) is 60.0 Å². The topological polar surface area (TPSA) is 121 Å². The monoisotopic (exact) mass is 519 g/mol. The summed E-state index contributed by atoms with van der Waals surface area (Å²) in [5.74, 6) is 1.04. The molecule has 4 aromatic rings. The molecule has 37 heavy (non-hydrogen) atoms. The number of amides is 1. The van der Waals surface area contributed by atoms with Crippen molar-refractivity contribution in [3.05, 3.63) is 81.9 Å². The SMILES string of the molecule is COc1ccccc1-c1nnc(SCC(=O)Nc2cc(OC)c([N+](=O)[O-])cc2C)n1-c1ccc(C)cc1. The highest BCUT2D eigenvalue weighted by atomic mass is 32.2. The Morgan fingerprint density at radius 1 is 1.03 bits per heavy atom. The molecule has 1 heterocycles. The number of thioether (sulfide) groups is 1. The lowest BCUT2D eigenvalue weighted by Gasteiger charge is -2.13. The van der Waals surface area contributed by atoms with E-state index in [-0.39, 0.29) is 23.1 Å². The van der Waals surface area contributed by atoms with E-state index in [2.05, 4.69) is 15.5 Å². The molecule has 0 aliphatic rings. The molecule has 0 radical (unpaired) electrons. The number of nitro benzene ring substituents is 1. The number of benzene rings is 3. The van der Waals surface area contributed by atoms with Crippen LogP contribution in [0.25, 0.3) is 17.1 Å². The van der Waals surface area contributed by atoms with Crippen molar-refractivity contribution in [3.63, 3.8) is 0 Å². The number of rotatable bonds is 9. The van der Waals surface area contributed by atoms with Crippen LogP contribution in [0.1, 0.15) is 11.1 Å². The normalized spacial score (nSPS) is 10.7. The summed E-state index contributed by atoms with van der Waals surface area (Å²) >= 11 is 1.22. The van der Waals surface area contributed by atoms with E-state index in [1.165, 1.54) is 31.0 Å². The van der Waals surface area contributed by atoms with E-state index in [9.17, 15) is 14.9 Å². The van der Waals surface area contributed by atoms with E-state index in [4.69, 9.17) is 9.47 Å². The van der Waals surface area contributed by atoms with E-state index in [0.717, 1.165) is 16.8 Å². The molecule has 0 unspecified atom stereocenters. The molecule has 0 saturated heterocycles. The van der Waals surface area contributed by atoms with Gasteiger partial charge in [-0.05, 0) is 43.7 Å². The van der Waals surface area contributed by atoms with Gasteiger partial charge in [0.2, 0.25) is 5.91 Å². The Labute approximate surface area is 217 Å². The molecular weight excluding hydrogens is 494 g/mol. The molecule has 0 fully saturated rings. The van der Waals surface area contributed by atoms with Crippen LogP contribution in [-0.2, 0) is 4.79 Å². The van der Waals surface area contributed by atoms with Crippen LogP contribution in [0.4, 0.5) is 11.4 Å². The minimum atomic E-state index is -0.523. The number of carbonyl (C=O) groups is 1. The minimum Gasteiger partial charge on any atom is -0.496 e. The second kappa shape index (κ2) is 11.1. The molecule has 0 bridgehead atoms. The molecule has 0 atom stereocenters. The number of carbonyl (C=O) groups excluding carboxylic acids is 1. The van der Waals surface area contributed by atoms with Crippen LogP contribution in [0.5, 0.6) is 11.5 Å². The summed E-state index contributed by atoms with van der Waals surface area (Å²) in [6.07, 6.45) is 0. The van der Waals surface area contributed by atoms with Crippen LogP contribution in [0.2, 0.25) is 0 Å². The zero-order valence-electron chi connectivity index (χ0n) is 20.7. The summed E-state index contributed by atoms with van der Waals surface area (Å²) in [5, 5.41) is 23.4. The lowest BCUT2D eigenvalue weighted by Crippen LogP contribution is -2.15. The van der Waals surface area contributed by atoms with Crippen molar-refractivity contribution in [3.8, 4) is 28.6 Å². The third-order valence-electron chi connectivity index (χ3n) is 5.60. The van der Waals surface area contributed by atoms with Crippen molar-refractivity contribution in [2.45, 2.75) is 19.0 Å². The molecule has 1 N–H and O–H groups in total. The zero-order chi connectivity index (χ0) is 26.5. The first-order valence-electron chi connectivity index (χ1n) is 11.2. The first-order chi connectivity index (χ1) is 17.8. The van der Waals surface area contributed by atoms with Gasteiger partial charge in [-0.1, -0.05) is 41.6 Å². The third kappa shape index (κ3) is 5.56. The number of nitrogens with zero attached hydrogens (tertiary/aromatic N) is 4. The molecule has 190 valence electrons. The number of nitrogens with one attached hydrogen (secondary N) is 1. The Morgan fingerprint density at radius 2 is 1.73 bits per heavy atom. The maximum absolute atomic E-state index is 12.8.